The molecule has 10 nitrogen and oxygen atoms in total. The minimum Gasteiger partial charge on any atom is -0.479 e. The van der Waals surface area contributed by atoms with Crippen molar-refractivity contribution in [2.75, 3.05) is 5.32 Å². The first-order valence-electron chi connectivity index (χ1n) is 6.49. The fourth-order valence-corrected chi connectivity index (χ4v) is 2.06. The lowest BCUT2D eigenvalue weighted by molar-refractivity contribution is -0.271. The average molecular weight is 329 g/mol. The van der Waals surface area contributed by atoms with Gasteiger partial charge >= 0.3 is 12.1 Å². The number of para-hydroxylation sites is 2. The largest absolute Gasteiger partial charge is 0.479 e. The summed E-state index contributed by atoms with van der Waals surface area (Å²) in [5.41, 5.74) is 0.0308. The SMILES string of the molecule is O=C(O)Nc1ccccc1O[C@@H]1O[C@H](C(=O)O)C(O)[C@H](O)C1O. The van der Waals surface area contributed by atoms with Crippen molar-refractivity contribution in [3.05, 3.63) is 24.3 Å². The molecule has 1 amide bonds. The summed E-state index contributed by atoms with van der Waals surface area (Å²) < 4.78 is 10.2. The highest BCUT2D eigenvalue weighted by Gasteiger charge is 2.48. The smallest absolute Gasteiger partial charge is 0.409 e. The second-order valence-electron chi connectivity index (χ2n) is 4.78. The van der Waals surface area contributed by atoms with Gasteiger partial charge in [0.05, 0.1) is 5.69 Å². The maximum Gasteiger partial charge on any atom is 0.409 e. The molecule has 1 heterocycles. The monoisotopic (exact) mass is 329 g/mol. The van der Waals surface area contributed by atoms with E-state index in [0.717, 1.165) is 0 Å². The van der Waals surface area contributed by atoms with Gasteiger partial charge in [0, 0.05) is 0 Å². The highest BCUT2D eigenvalue weighted by molar-refractivity contribution is 5.85. The molecule has 1 saturated heterocycles. The normalized spacial score (nSPS) is 30.5. The van der Waals surface area contributed by atoms with Gasteiger partial charge in [0.15, 0.2) is 6.10 Å². The number of hydrogen-bond acceptors (Lipinski definition) is 7. The summed E-state index contributed by atoms with van der Waals surface area (Å²) in [5, 5.41) is 48.9. The molecule has 0 saturated carbocycles. The minimum atomic E-state index is -1.84. The molecule has 2 unspecified atom stereocenters. The highest BCUT2D eigenvalue weighted by atomic mass is 16.7. The zero-order valence-electron chi connectivity index (χ0n) is 11.6. The van der Waals surface area contributed by atoms with Gasteiger partial charge < -0.3 is 35.0 Å². The van der Waals surface area contributed by atoms with E-state index < -0.39 is 42.8 Å². The van der Waals surface area contributed by atoms with E-state index in [1.807, 2.05) is 0 Å². The van der Waals surface area contributed by atoms with E-state index in [9.17, 15) is 24.9 Å². The lowest BCUT2D eigenvalue weighted by Gasteiger charge is -2.38. The van der Waals surface area contributed by atoms with E-state index in [4.69, 9.17) is 19.7 Å². The van der Waals surface area contributed by atoms with Crippen molar-refractivity contribution in [3.63, 3.8) is 0 Å². The Hall–Kier alpha value is -2.40. The number of nitrogens with one attached hydrogen (secondary N) is 1. The number of amides is 1. The number of carboxylic acids is 1. The lowest BCUT2D eigenvalue weighted by atomic mass is 9.99. The minimum absolute atomic E-state index is 0.0308. The number of anilines is 1. The third-order valence-corrected chi connectivity index (χ3v) is 3.18. The molecule has 1 aromatic carbocycles. The van der Waals surface area contributed by atoms with Crippen LogP contribution < -0.4 is 10.1 Å². The van der Waals surface area contributed by atoms with Gasteiger partial charge in [0.1, 0.15) is 24.1 Å². The van der Waals surface area contributed by atoms with Crippen molar-refractivity contribution < 1.29 is 44.6 Å². The van der Waals surface area contributed by atoms with Gasteiger partial charge in [-0.2, -0.15) is 0 Å². The molecule has 1 aliphatic heterocycles. The molecule has 10 heteroatoms. The molecule has 1 aliphatic rings. The Labute approximate surface area is 129 Å². The van der Waals surface area contributed by atoms with Crippen LogP contribution in [0.4, 0.5) is 10.5 Å². The van der Waals surface area contributed by atoms with Crippen LogP contribution in [0.5, 0.6) is 5.75 Å². The molecule has 126 valence electrons. The Bertz CT molecular complexity index is 593. The first-order valence-corrected chi connectivity index (χ1v) is 6.49. The molecular weight excluding hydrogens is 314 g/mol. The van der Waals surface area contributed by atoms with Crippen LogP contribution in [-0.4, -0.2) is 68.3 Å². The van der Waals surface area contributed by atoms with E-state index in [1.165, 1.54) is 24.3 Å². The first kappa shape index (κ1) is 17.0. The molecule has 0 bridgehead atoms. The van der Waals surface area contributed by atoms with E-state index in [2.05, 4.69) is 5.32 Å². The fourth-order valence-electron chi connectivity index (χ4n) is 2.06. The van der Waals surface area contributed by atoms with Crippen molar-refractivity contribution in [2.24, 2.45) is 0 Å². The molecule has 0 radical (unpaired) electrons. The van der Waals surface area contributed by atoms with Gasteiger partial charge in [-0.05, 0) is 12.1 Å². The Kier molecular flexibility index (Phi) is 5.01. The van der Waals surface area contributed by atoms with E-state index in [0.29, 0.717) is 0 Å². The van der Waals surface area contributed by atoms with Crippen LogP contribution in [0, 0.1) is 0 Å². The van der Waals surface area contributed by atoms with Gasteiger partial charge in [0.2, 0.25) is 6.29 Å². The average Bonchev–Trinajstić information content (AvgIpc) is 2.48. The Morgan fingerprint density at radius 3 is 2.30 bits per heavy atom. The number of carboxylic acid groups (broad SMARTS) is 2. The summed E-state index contributed by atoms with van der Waals surface area (Å²) in [4.78, 5) is 21.7. The molecule has 5 atom stereocenters. The van der Waals surface area contributed by atoms with Crippen molar-refractivity contribution in [2.45, 2.75) is 30.7 Å². The first-order chi connectivity index (χ1) is 10.8. The predicted molar refractivity (Wildman–Crippen MR) is 73.0 cm³/mol. The van der Waals surface area contributed by atoms with Crippen molar-refractivity contribution in [1.82, 2.24) is 0 Å². The predicted octanol–water partition coefficient (Wildman–Crippen LogP) is -0.953. The summed E-state index contributed by atoms with van der Waals surface area (Å²) in [5.74, 6) is -1.60. The Morgan fingerprint density at radius 2 is 1.70 bits per heavy atom. The van der Waals surface area contributed by atoms with Gasteiger partial charge in [-0.1, -0.05) is 12.1 Å². The third kappa shape index (κ3) is 3.68. The molecule has 6 N–H and O–H groups in total. The van der Waals surface area contributed by atoms with Crippen LogP contribution in [-0.2, 0) is 9.53 Å². The van der Waals surface area contributed by atoms with Crippen molar-refractivity contribution in [3.8, 4) is 5.75 Å². The second-order valence-corrected chi connectivity index (χ2v) is 4.78. The van der Waals surface area contributed by atoms with Gasteiger partial charge in [-0.25, -0.2) is 9.59 Å². The van der Waals surface area contributed by atoms with E-state index in [-0.39, 0.29) is 11.4 Å². The van der Waals surface area contributed by atoms with E-state index in [1.54, 1.807) is 0 Å². The standard InChI is InChI=1S/C13H15NO9/c15-7-8(16)10(11(18)19)23-12(9(7)17)22-6-4-2-1-3-5(6)14-13(20)21/h1-4,7-10,12,14-17H,(H,18,19)(H,20,21)/t7-,8?,9?,10-,12+/m0/s1. The third-order valence-electron chi connectivity index (χ3n) is 3.18. The number of aliphatic hydroxyl groups is 3. The molecule has 0 aromatic heterocycles. The van der Waals surface area contributed by atoms with Gasteiger partial charge in [-0.3, -0.25) is 5.32 Å². The molecule has 2 rings (SSSR count). The molecule has 1 fully saturated rings. The summed E-state index contributed by atoms with van der Waals surface area (Å²) in [6.07, 6.45) is -10.2. The summed E-state index contributed by atoms with van der Waals surface area (Å²) >= 11 is 0. The number of carbonyl (C=O) groups is 2. The maximum atomic E-state index is 11.0. The number of hydrogen-bond donors (Lipinski definition) is 6. The number of aliphatic hydroxyl groups excluding tert-OH is 3. The molecule has 0 aliphatic carbocycles. The summed E-state index contributed by atoms with van der Waals surface area (Å²) in [6.45, 7) is 0. The fraction of sp³-hybridized carbons (Fsp3) is 0.385. The topological polar surface area (TPSA) is 166 Å². The van der Waals surface area contributed by atoms with Gasteiger partial charge in [0.25, 0.3) is 0 Å². The zero-order chi connectivity index (χ0) is 17.1. The van der Waals surface area contributed by atoms with Crippen LogP contribution in [0.25, 0.3) is 0 Å². The van der Waals surface area contributed by atoms with Crippen LogP contribution in [0.2, 0.25) is 0 Å². The summed E-state index contributed by atoms with van der Waals surface area (Å²) in [6, 6.07) is 5.76. The number of ether oxygens (including phenoxy) is 2. The van der Waals surface area contributed by atoms with Crippen LogP contribution in [0.3, 0.4) is 0 Å². The zero-order valence-corrected chi connectivity index (χ0v) is 11.6. The number of aliphatic carboxylic acids is 1. The van der Waals surface area contributed by atoms with Crippen molar-refractivity contribution in [1.29, 1.82) is 0 Å². The molecule has 23 heavy (non-hydrogen) atoms. The maximum absolute atomic E-state index is 11.0. The van der Waals surface area contributed by atoms with Crippen LogP contribution >= 0.6 is 0 Å². The highest BCUT2D eigenvalue weighted by Crippen LogP contribution is 2.29. The molecule has 0 spiro atoms. The second kappa shape index (κ2) is 6.79. The number of rotatable bonds is 4. The Balaban J connectivity index is 2.21. The van der Waals surface area contributed by atoms with Crippen LogP contribution in [0.15, 0.2) is 24.3 Å². The molecular formula is C13H15NO9. The molecule has 1 aromatic rings. The summed E-state index contributed by atoms with van der Waals surface area (Å²) in [7, 11) is 0. The van der Waals surface area contributed by atoms with Crippen molar-refractivity contribution >= 4 is 17.7 Å². The quantitative estimate of drug-likeness (QED) is 0.408. The van der Waals surface area contributed by atoms with Gasteiger partial charge in [-0.15, -0.1) is 0 Å². The number of benzene rings is 1. The lowest BCUT2D eigenvalue weighted by Crippen LogP contribution is -2.61. The van der Waals surface area contributed by atoms with E-state index >= 15 is 0 Å². The Morgan fingerprint density at radius 1 is 1.04 bits per heavy atom. The van der Waals surface area contributed by atoms with Crippen LogP contribution in [0.1, 0.15) is 0 Å².